The average molecular weight is 304 g/mol. The molecule has 0 atom stereocenters. The highest BCUT2D eigenvalue weighted by Gasteiger charge is 2.14. The first-order valence-corrected chi connectivity index (χ1v) is 6.65. The smallest absolute Gasteiger partial charge is 0.343 e. The molecule has 0 unspecified atom stereocenters. The fourth-order valence-electron chi connectivity index (χ4n) is 1.99. The number of hydrogen-bond donors (Lipinski definition) is 1. The zero-order chi connectivity index (χ0) is 15.6. The summed E-state index contributed by atoms with van der Waals surface area (Å²) in [5, 5.41) is 0.546. The van der Waals surface area contributed by atoms with Crippen LogP contribution < -0.4 is 10.5 Å². The van der Waals surface area contributed by atoms with Crippen LogP contribution >= 0.6 is 11.6 Å². The predicted octanol–water partition coefficient (Wildman–Crippen LogP) is 3.27. The van der Waals surface area contributed by atoms with Crippen LogP contribution in [0.2, 0.25) is 5.02 Å². The Kier molecular flexibility index (Phi) is 4.29. The lowest BCUT2D eigenvalue weighted by atomic mass is 10.1. The van der Waals surface area contributed by atoms with Crippen molar-refractivity contribution < 1.29 is 14.3 Å². The number of primary amides is 1. The van der Waals surface area contributed by atoms with Crippen LogP contribution in [-0.2, 0) is 0 Å². The third-order valence-corrected chi connectivity index (χ3v) is 3.27. The summed E-state index contributed by atoms with van der Waals surface area (Å²) in [6, 6.07) is 9.61. The van der Waals surface area contributed by atoms with Crippen LogP contribution in [0.15, 0.2) is 36.4 Å². The van der Waals surface area contributed by atoms with Crippen molar-refractivity contribution in [1.29, 1.82) is 0 Å². The number of esters is 1. The van der Waals surface area contributed by atoms with Gasteiger partial charge >= 0.3 is 5.97 Å². The highest BCUT2D eigenvalue weighted by atomic mass is 35.5. The first kappa shape index (κ1) is 15.1. The van der Waals surface area contributed by atoms with Crippen LogP contribution in [0, 0.1) is 13.8 Å². The maximum atomic E-state index is 12.1. The SMILES string of the molecule is Cc1cc(C(N)=O)cc(C)c1OC(=O)c1ccc(Cl)cc1. The average Bonchev–Trinajstić information content (AvgIpc) is 2.43. The molecule has 0 saturated carbocycles. The van der Waals surface area contributed by atoms with Gasteiger partial charge in [-0.1, -0.05) is 11.6 Å². The number of halogens is 1. The number of amides is 1. The summed E-state index contributed by atoms with van der Waals surface area (Å²) in [4.78, 5) is 23.3. The van der Waals surface area contributed by atoms with Gasteiger partial charge in [0.15, 0.2) is 0 Å². The monoisotopic (exact) mass is 303 g/mol. The first-order chi connectivity index (χ1) is 9.88. The summed E-state index contributed by atoms with van der Waals surface area (Å²) >= 11 is 5.78. The summed E-state index contributed by atoms with van der Waals surface area (Å²) in [7, 11) is 0. The lowest BCUT2D eigenvalue weighted by Gasteiger charge is -2.12. The second-order valence-electron chi connectivity index (χ2n) is 4.70. The quantitative estimate of drug-likeness (QED) is 0.699. The summed E-state index contributed by atoms with van der Waals surface area (Å²) in [5.74, 6) is -0.568. The van der Waals surface area contributed by atoms with Crippen molar-refractivity contribution >= 4 is 23.5 Å². The van der Waals surface area contributed by atoms with Gasteiger partial charge in [0.2, 0.25) is 5.91 Å². The Labute approximate surface area is 127 Å². The van der Waals surface area contributed by atoms with Gasteiger partial charge in [0.05, 0.1) is 5.56 Å². The van der Waals surface area contributed by atoms with E-state index in [9.17, 15) is 9.59 Å². The Morgan fingerprint density at radius 1 is 1.00 bits per heavy atom. The Morgan fingerprint density at radius 2 is 1.52 bits per heavy atom. The number of carbonyl (C=O) groups is 2. The van der Waals surface area contributed by atoms with Crippen molar-refractivity contribution in [3.05, 3.63) is 63.7 Å². The molecule has 0 saturated heterocycles. The van der Waals surface area contributed by atoms with Gasteiger partial charge in [-0.15, -0.1) is 0 Å². The van der Waals surface area contributed by atoms with Gasteiger partial charge < -0.3 is 10.5 Å². The van der Waals surface area contributed by atoms with Crippen molar-refractivity contribution in [2.45, 2.75) is 13.8 Å². The number of benzene rings is 2. The molecule has 0 radical (unpaired) electrons. The zero-order valence-electron chi connectivity index (χ0n) is 11.6. The molecule has 0 fully saturated rings. The van der Waals surface area contributed by atoms with Crippen LogP contribution in [0.1, 0.15) is 31.8 Å². The minimum atomic E-state index is -0.517. The number of nitrogens with two attached hydrogens (primary N) is 1. The number of carbonyl (C=O) groups excluding carboxylic acids is 2. The molecule has 2 N–H and O–H groups in total. The third-order valence-electron chi connectivity index (χ3n) is 3.02. The minimum Gasteiger partial charge on any atom is -0.422 e. The molecule has 0 aliphatic rings. The van der Waals surface area contributed by atoms with Crippen molar-refractivity contribution in [3.8, 4) is 5.75 Å². The normalized spacial score (nSPS) is 10.2. The lowest BCUT2D eigenvalue weighted by Crippen LogP contribution is -2.14. The molecule has 1 amide bonds. The minimum absolute atomic E-state index is 0.385. The fraction of sp³-hybridized carbons (Fsp3) is 0.125. The first-order valence-electron chi connectivity index (χ1n) is 6.27. The van der Waals surface area contributed by atoms with Crippen LogP contribution in [-0.4, -0.2) is 11.9 Å². The van der Waals surface area contributed by atoms with E-state index in [1.165, 1.54) is 0 Å². The molecule has 2 aromatic carbocycles. The van der Waals surface area contributed by atoms with E-state index in [0.717, 1.165) is 0 Å². The lowest BCUT2D eigenvalue weighted by molar-refractivity contribution is 0.0732. The number of ether oxygens (including phenoxy) is 1. The van der Waals surface area contributed by atoms with Crippen LogP contribution in [0.25, 0.3) is 0 Å². The molecule has 0 spiro atoms. The predicted molar refractivity (Wildman–Crippen MR) is 80.8 cm³/mol. The molecular formula is C16H14ClNO3. The maximum Gasteiger partial charge on any atom is 0.343 e. The van der Waals surface area contributed by atoms with Crippen molar-refractivity contribution in [2.24, 2.45) is 5.73 Å². The van der Waals surface area contributed by atoms with Crippen LogP contribution in [0.3, 0.4) is 0 Å². The highest BCUT2D eigenvalue weighted by Crippen LogP contribution is 2.26. The van der Waals surface area contributed by atoms with Gasteiger partial charge in [-0.25, -0.2) is 4.79 Å². The number of aryl methyl sites for hydroxylation is 2. The van der Waals surface area contributed by atoms with E-state index in [2.05, 4.69) is 0 Å². The standard InChI is InChI=1S/C16H14ClNO3/c1-9-7-12(15(18)19)8-10(2)14(9)21-16(20)11-3-5-13(17)6-4-11/h3-8H,1-2H3,(H2,18,19). The number of hydrogen-bond acceptors (Lipinski definition) is 3. The van der Waals surface area contributed by atoms with E-state index in [1.54, 1.807) is 50.2 Å². The zero-order valence-corrected chi connectivity index (χ0v) is 12.4. The van der Waals surface area contributed by atoms with E-state index in [-0.39, 0.29) is 0 Å². The summed E-state index contributed by atoms with van der Waals surface area (Å²) < 4.78 is 5.40. The van der Waals surface area contributed by atoms with Crippen LogP contribution in [0.5, 0.6) is 5.75 Å². The fourth-order valence-corrected chi connectivity index (χ4v) is 2.12. The molecule has 21 heavy (non-hydrogen) atoms. The Balaban J connectivity index is 2.29. The van der Waals surface area contributed by atoms with Crippen molar-refractivity contribution in [3.63, 3.8) is 0 Å². The topological polar surface area (TPSA) is 69.4 Å². The molecule has 2 aromatic rings. The van der Waals surface area contributed by atoms with E-state index < -0.39 is 11.9 Å². The molecule has 108 valence electrons. The Morgan fingerprint density at radius 3 is 2.00 bits per heavy atom. The van der Waals surface area contributed by atoms with E-state index in [1.807, 2.05) is 0 Å². The molecule has 0 aliphatic carbocycles. The highest BCUT2D eigenvalue weighted by molar-refractivity contribution is 6.30. The summed E-state index contributed by atoms with van der Waals surface area (Å²) in [6.45, 7) is 3.51. The number of rotatable bonds is 3. The molecule has 0 heterocycles. The van der Waals surface area contributed by atoms with Gasteiger partial charge in [0.1, 0.15) is 5.75 Å². The van der Waals surface area contributed by atoms with Crippen LogP contribution in [0.4, 0.5) is 0 Å². The van der Waals surface area contributed by atoms with E-state index >= 15 is 0 Å². The Hall–Kier alpha value is -2.33. The summed E-state index contributed by atoms with van der Waals surface area (Å²) in [6.07, 6.45) is 0. The largest absolute Gasteiger partial charge is 0.422 e. The van der Waals surface area contributed by atoms with Gasteiger partial charge in [-0.3, -0.25) is 4.79 Å². The van der Waals surface area contributed by atoms with Gasteiger partial charge in [-0.2, -0.15) is 0 Å². The van der Waals surface area contributed by atoms with Crippen molar-refractivity contribution in [1.82, 2.24) is 0 Å². The molecule has 5 heteroatoms. The Bertz CT molecular complexity index is 685. The second kappa shape index (κ2) is 5.97. The second-order valence-corrected chi connectivity index (χ2v) is 5.14. The molecule has 0 aliphatic heterocycles. The molecule has 2 rings (SSSR count). The van der Waals surface area contributed by atoms with E-state index in [4.69, 9.17) is 22.1 Å². The van der Waals surface area contributed by atoms with Crippen molar-refractivity contribution in [2.75, 3.05) is 0 Å². The molecule has 4 nitrogen and oxygen atoms in total. The molecular weight excluding hydrogens is 290 g/mol. The maximum absolute atomic E-state index is 12.1. The van der Waals surface area contributed by atoms with Gasteiger partial charge in [0, 0.05) is 10.6 Å². The van der Waals surface area contributed by atoms with Gasteiger partial charge in [0.25, 0.3) is 0 Å². The molecule has 0 aromatic heterocycles. The van der Waals surface area contributed by atoms with Gasteiger partial charge in [-0.05, 0) is 61.4 Å². The molecule has 0 bridgehead atoms. The third kappa shape index (κ3) is 3.41. The van der Waals surface area contributed by atoms with E-state index in [0.29, 0.717) is 33.0 Å². The summed E-state index contributed by atoms with van der Waals surface area (Å²) in [5.41, 5.74) is 7.38.